The molecule has 2 heterocycles. The van der Waals surface area contributed by atoms with Gasteiger partial charge in [-0.1, -0.05) is 0 Å². The second kappa shape index (κ2) is 8.11. The van der Waals surface area contributed by atoms with Crippen molar-refractivity contribution < 1.29 is 23.5 Å². The van der Waals surface area contributed by atoms with E-state index in [9.17, 15) is 18.8 Å². The van der Waals surface area contributed by atoms with E-state index in [1.807, 2.05) is 0 Å². The van der Waals surface area contributed by atoms with Gasteiger partial charge in [-0.15, -0.1) is 0 Å². The summed E-state index contributed by atoms with van der Waals surface area (Å²) in [7, 11) is 0. The van der Waals surface area contributed by atoms with Crippen LogP contribution in [0.15, 0.2) is 18.3 Å². The number of amides is 3. The van der Waals surface area contributed by atoms with Gasteiger partial charge in [0.05, 0.1) is 24.7 Å². The number of pyridine rings is 1. The van der Waals surface area contributed by atoms with Crippen LogP contribution in [-0.4, -0.2) is 53.0 Å². The first-order chi connectivity index (χ1) is 12.2. The van der Waals surface area contributed by atoms with Crippen LogP contribution in [0.5, 0.6) is 0 Å². The van der Waals surface area contributed by atoms with Crippen molar-refractivity contribution in [1.29, 1.82) is 0 Å². The Hall–Kier alpha value is -2.71. The Kier molecular flexibility index (Phi) is 6.12. The fraction of sp³-hybridized carbons (Fsp3) is 0.529. The maximum absolute atomic E-state index is 13.4. The zero-order chi connectivity index (χ0) is 19.3. The highest BCUT2D eigenvalue weighted by atomic mass is 19.1. The minimum Gasteiger partial charge on any atom is -0.444 e. The lowest BCUT2D eigenvalue weighted by Gasteiger charge is -2.38. The average molecular weight is 366 g/mol. The molecule has 1 saturated heterocycles. The molecule has 2 rings (SSSR count). The number of hydrogen-bond acceptors (Lipinski definition) is 5. The number of nitrogens with one attached hydrogen (secondary N) is 2. The monoisotopic (exact) mass is 366 g/mol. The topological polar surface area (TPSA) is 101 Å². The Morgan fingerprint density at radius 2 is 2.00 bits per heavy atom. The zero-order valence-electron chi connectivity index (χ0n) is 15.0. The maximum atomic E-state index is 13.4. The normalized spacial score (nSPS) is 14.4. The van der Waals surface area contributed by atoms with Gasteiger partial charge in [0.15, 0.2) is 0 Å². The number of rotatable bonds is 5. The standard InChI is InChI=1S/C17H23FN4O4/c1-17(2,3)26-16(25)22-9-11(10-22)15(24)21-8-14(23)20-7-13-12(18)5-4-6-19-13/h4-6,11H,7-10H2,1-3H3,(H,20,23)(H,21,24). The molecule has 1 aliphatic rings. The average Bonchev–Trinajstić information content (AvgIpc) is 2.49. The number of carbonyl (C=O) groups excluding carboxylic acids is 3. The van der Waals surface area contributed by atoms with Gasteiger partial charge in [0.2, 0.25) is 11.8 Å². The molecule has 0 bridgehead atoms. The molecular formula is C17H23FN4O4. The van der Waals surface area contributed by atoms with Crippen LogP contribution in [0.25, 0.3) is 0 Å². The van der Waals surface area contributed by atoms with E-state index < -0.39 is 23.4 Å². The molecule has 1 aliphatic heterocycles. The van der Waals surface area contributed by atoms with Gasteiger partial charge in [-0.2, -0.15) is 0 Å². The highest BCUT2D eigenvalue weighted by Gasteiger charge is 2.37. The third-order valence-electron chi connectivity index (χ3n) is 3.61. The van der Waals surface area contributed by atoms with Crippen molar-refractivity contribution in [3.05, 3.63) is 29.8 Å². The number of halogens is 1. The van der Waals surface area contributed by atoms with Crippen LogP contribution >= 0.6 is 0 Å². The van der Waals surface area contributed by atoms with E-state index in [4.69, 9.17) is 4.74 Å². The quantitative estimate of drug-likeness (QED) is 0.804. The summed E-state index contributed by atoms with van der Waals surface area (Å²) in [6, 6.07) is 2.71. The van der Waals surface area contributed by atoms with E-state index in [1.165, 1.54) is 23.2 Å². The second-order valence-electron chi connectivity index (χ2n) is 7.01. The van der Waals surface area contributed by atoms with Gasteiger partial charge in [-0.05, 0) is 32.9 Å². The largest absolute Gasteiger partial charge is 0.444 e. The highest BCUT2D eigenvalue weighted by Crippen LogP contribution is 2.19. The summed E-state index contributed by atoms with van der Waals surface area (Å²) in [5, 5.41) is 4.98. The molecule has 0 radical (unpaired) electrons. The molecule has 0 aliphatic carbocycles. The molecule has 1 aromatic heterocycles. The molecule has 142 valence electrons. The smallest absolute Gasteiger partial charge is 0.410 e. The zero-order valence-corrected chi connectivity index (χ0v) is 15.0. The fourth-order valence-electron chi connectivity index (χ4n) is 2.22. The molecule has 0 spiro atoms. The van der Waals surface area contributed by atoms with Gasteiger partial charge >= 0.3 is 6.09 Å². The van der Waals surface area contributed by atoms with E-state index in [2.05, 4.69) is 15.6 Å². The first kappa shape index (κ1) is 19.6. The van der Waals surface area contributed by atoms with Crippen molar-refractivity contribution >= 4 is 17.9 Å². The number of nitrogens with zero attached hydrogens (tertiary/aromatic N) is 2. The predicted molar refractivity (Wildman–Crippen MR) is 90.3 cm³/mol. The molecule has 3 amide bonds. The lowest BCUT2D eigenvalue weighted by Crippen LogP contribution is -2.57. The number of aromatic nitrogens is 1. The first-order valence-corrected chi connectivity index (χ1v) is 8.27. The Bertz CT molecular complexity index is 684. The van der Waals surface area contributed by atoms with Crippen molar-refractivity contribution in [3.63, 3.8) is 0 Å². The summed E-state index contributed by atoms with van der Waals surface area (Å²) in [6.07, 6.45) is 0.969. The van der Waals surface area contributed by atoms with E-state index in [1.54, 1.807) is 20.8 Å². The highest BCUT2D eigenvalue weighted by molar-refractivity contribution is 5.87. The minimum atomic E-state index is -0.588. The van der Waals surface area contributed by atoms with Crippen molar-refractivity contribution in [2.45, 2.75) is 32.9 Å². The van der Waals surface area contributed by atoms with Gasteiger partial charge in [-0.3, -0.25) is 14.6 Å². The molecule has 0 atom stereocenters. The molecule has 0 aromatic carbocycles. The van der Waals surface area contributed by atoms with Crippen molar-refractivity contribution in [2.75, 3.05) is 19.6 Å². The second-order valence-corrected chi connectivity index (χ2v) is 7.01. The number of likely N-dealkylation sites (tertiary alicyclic amines) is 1. The van der Waals surface area contributed by atoms with Gasteiger partial charge in [-0.25, -0.2) is 9.18 Å². The summed E-state index contributed by atoms with van der Waals surface area (Å²) in [4.78, 5) is 40.7. The minimum absolute atomic E-state index is 0.0583. The van der Waals surface area contributed by atoms with Gasteiger partial charge in [0, 0.05) is 19.3 Å². The van der Waals surface area contributed by atoms with Crippen LogP contribution in [0.1, 0.15) is 26.5 Å². The van der Waals surface area contributed by atoms with Crippen LogP contribution < -0.4 is 10.6 Å². The van der Waals surface area contributed by atoms with E-state index in [-0.39, 0.29) is 43.7 Å². The summed E-state index contributed by atoms with van der Waals surface area (Å²) < 4.78 is 18.6. The third-order valence-corrected chi connectivity index (χ3v) is 3.61. The van der Waals surface area contributed by atoms with Crippen LogP contribution in [0.4, 0.5) is 9.18 Å². The summed E-state index contributed by atoms with van der Waals surface area (Å²) in [5.74, 6) is -1.65. The lowest BCUT2D eigenvalue weighted by atomic mass is 10.00. The van der Waals surface area contributed by atoms with Crippen LogP contribution in [0.3, 0.4) is 0 Å². The molecular weight excluding hydrogens is 343 g/mol. The Labute approximate surface area is 151 Å². The molecule has 26 heavy (non-hydrogen) atoms. The summed E-state index contributed by atoms with van der Waals surface area (Å²) in [6.45, 7) is 5.52. The van der Waals surface area contributed by atoms with Crippen LogP contribution in [0.2, 0.25) is 0 Å². The van der Waals surface area contributed by atoms with Crippen molar-refractivity contribution in [3.8, 4) is 0 Å². The van der Waals surface area contributed by atoms with E-state index in [0.29, 0.717) is 0 Å². The first-order valence-electron chi connectivity index (χ1n) is 8.27. The Morgan fingerprint density at radius 3 is 2.62 bits per heavy atom. The molecule has 0 unspecified atom stereocenters. The fourth-order valence-corrected chi connectivity index (χ4v) is 2.22. The summed E-state index contributed by atoms with van der Waals surface area (Å²) >= 11 is 0. The molecule has 0 saturated carbocycles. The number of hydrogen-bond donors (Lipinski definition) is 2. The van der Waals surface area contributed by atoms with Gasteiger partial charge in [0.25, 0.3) is 0 Å². The van der Waals surface area contributed by atoms with Gasteiger partial charge < -0.3 is 20.3 Å². The van der Waals surface area contributed by atoms with Crippen LogP contribution in [0, 0.1) is 11.7 Å². The Morgan fingerprint density at radius 1 is 1.31 bits per heavy atom. The number of ether oxygens (including phenoxy) is 1. The van der Waals surface area contributed by atoms with Crippen molar-refractivity contribution in [2.24, 2.45) is 5.92 Å². The maximum Gasteiger partial charge on any atom is 0.410 e. The number of carbonyl (C=O) groups is 3. The summed E-state index contributed by atoms with van der Waals surface area (Å²) in [5.41, 5.74) is -0.463. The Balaban J connectivity index is 1.66. The van der Waals surface area contributed by atoms with Crippen LogP contribution in [-0.2, 0) is 20.9 Å². The lowest BCUT2D eigenvalue weighted by molar-refractivity contribution is -0.132. The molecule has 1 aromatic rings. The van der Waals surface area contributed by atoms with E-state index >= 15 is 0 Å². The van der Waals surface area contributed by atoms with Gasteiger partial charge in [0.1, 0.15) is 11.4 Å². The van der Waals surface area contributed by atoms with Crippen molar-refractivity contribution in [1.82, 2.24) is 20.5 Å². The molecule has 2 N–H and O–H groups in total. The molecule has 9 heteroatoms. The third kappa shape index (κ3) is 5.68. The molecule has 1 fully saturated rings. The SMILES string of the molecule is CC(C)(C)OC(=O)N1CC(C(=O)NCC(=O)NCc2ncccc2F)C1. The van der Waals surface area contributed by atoms with E-state index in [0.717, 1.165) is 0 Å². The molecule has 8 nitrogen and oxygen atoms in total. The predicted octanol–water partition coefficient (Wildman–Crippen LogP) is 0.820.